The lowest BCUT2D eigenvalue weighted by molar-refractivity contribution is 0.421. The van der Waals surface area contributed by atoms with E-state index < -0.39 is 0 Å². The number of nitrogens with two attached hydrogens (primary N) is 1. The Morgan fingerprint density at radius 2 is 2.00 bits per heavy atom. The Balaban J connectivity index is 2.51. The molecule has 0 bridgehead atoms. The second-order valence-electron chi connectivity index (χ2n) is 4.04. The lowest BCUT2D eigenvalue weighted by atomic mass is 10.1. The molecule has 0 aliphatic rings. The van der Waals surface area contributed by atoms with Crippen molar-refractivity contribution in [3.63, 3.8) is 0 Å². The maximum Gasteiger partial charge on any atom is 0.141 e. The van der Waals surface area contributed by atoms with Crippen molar-refractivity contribution in [2.45, 2.75) is 32.9 Å². The van der Waals surface area contributed by atoms with Gasteiger partial charge in [0.15, 0.2) is 0 Å². The van der Waals surface area contributed by atoms with Crippen LogP contribution in [0.25, 0.3) is 0 Å². The van der Waals surface area contributed by atoms with Gasteiger partial charge in [0.1, 0.15) is 5.82 Å². The first-order valence-electron chi connectivity index (χ1n) is 4.29. The molecule has 0 atom stereocenters. The summed E-state index contributed by atoms with van der Waals surface area (Å²) < 4.78 is 0. The fourth-order valence-corrected chi connectivity index (χ4v) is 0.812. The molecule has 0 saturated heterocycles. The normalized spacial score (nSPS) is 11.6. The smallest absolute Gasteiger partial charge is 0.141 e. The Kier molecular flexibility index (Phi) is 2.83. The molecule has 0 spiro atoms. The van der Waals surface area contributed by atoms with Crippen molar-refractivity contribution in [1.82, 2.24) is 15.3 Å². The van der Waals surface area contributed by atoms with Crippen LogP contribution in [0.3, 0.4) is 0 Å². The Morgan fingerprint density at radius 1 is 1.31 bits per heavy atom. The third-order valence-corrected chi connectivity index (χ3v) is 1.53. The number of anilines is 1. The number of nitrogens with zero attached hydrogens (tertiary/aromatic N) is 2. The van der Waals surface area contributed by atoms with Gasteiger partial charge in [0, 0.05) is 12.1 Å². The SMILES string of the molecule is CC(C)(C)NCc1cnc(N)cn1. The molecule has 1 rings (SSSR count). The topological polar surface area (TPSA) is 63.8 Å². The van der Waals surface area contributed by atoms with Crippen molar-refractivity contribution >= 4 is 5.82 Å². The number of hydrogen-bond acceptors (Lipinski definition) is 4. The summed E-state index contributed by atoms with van der Waals surface area (Å²) in [6, 6.07) is 0. The largest absolute Gasteiger partial charge is 0.382 e. The van der Waals surface area contributed by atoms with Gasteiger partial charge in [0.25, 0.3) is 0 Å². The zero-order chi connectivity index (χ0) is 9.90. The van der Waals surface area contributed by atoms with E-state index in [1.807, 2.05) is 0 Å². The van der Waals surface area contributed by atoms with Crippen LogP contribution in [-0.2, 0) is 6.54 Å². The van der Waals surface area contributed by atoms with Gasteiger partial charge >= 0.3 is 0 Å². The lowest BCUT2D eigenvalue weighted by Crippen LogP contribution is -2.35. The van der Waals surface area contributed by atoms with E-state index >= 15 is 0 Å². The Morgan fingerprint density at radius 3 is 2.46 bits per heavy atom. The predicted octanol–water partition coefficient (Wildman–Crippen LogP) is 0.947. The van der Waals surface area contributed by atoms with Gasteiger partial charge in [-0.3, -0.25) is 4.98 Å². The van der Waals surface area contributed by atoms with E-state index in [2.05, 4.69) is 36.1 Å². The molecule has 0 aromatic carbocycles. The first-order valence-corrected chi connectivity index (χ1v) is 4.29. The molecule has 0 fully saturated rings. The van der Waals surface area contributed by atoms with Gasteiger partial charge in [-0.15, -0.1) is 0 Å². The first kappa shape index (κ1) is 9.92. The average molecular weight is 180 g/mol. The van der Waals surface area contributed by atoms with Crippen LogP contribution in [0, 0.1) is 0 Å². The minimum atomic E-state index is 0.100. The summed E-state index contributed by atoms with van der Waals surface area (Å²) in [7, 11) is 0. The van der Waals surface area contributed by atoms with Crippen LogP contribution < -0.4 is 11.1 Å². The summed E-state index contributed by atoms with van der Waals surface area (Å²) in [4.78, 5) is 8.09. The maximum atomic E-state index is 5.41. The third-order valence-electron chi connectivity index (χ3n) is 1.53. The highest BCUT2D eigenvalue weighted by Gasteiger charge is 2.08. The van der Waals surface area contributed by atoms with E-state index in [1.165, 1.54) is 0 Å². The van der Waals surface area contributed by atoms with Gasteiger partial charge in [-0.2, -0.15) is 0 Å². The van der Waals surface area contributed by atoms with Crippen molar-refractivity contribution in [2.24, 2.45) is 0 Å². The van der Waals surface area contributed by atoms with Gasteiger partial charge < -0.3 is 11.1 Å². The number of nitrogens with one attached hydrogen (secondary N) is 1. The number of rotatable bonds is 2. The van der Waals surface area contributed by atoms with Crippen molar-refractivity contribution < 1.29 is 0 Å². The Bertz CT molecular complexity index is 260. The molecule has 1 aromatic rings. The van der Waals surface area contributed by atoms with E-state index in [0.29, 0.717) is 5.82 Å². The fraction of sp³-hybridized carbons (Fsp3) is 0.556. The fourth-order valence-electron chi connectivity index (χ4n) is 0.812. The predicted molar refractivity (Wildman–Crippen MR) is 53.0 cm³/mol. The van der Waals surface area contributed by atoms with E-state index in [9.17, 15) is 0 Å². The van der Waals surface area contributed by atoms with E-state index in [0.717, 1.165) is 12.2 Å². The molecule has 0 amide bonds. The summed E-state index contributed by atoms with van der Waals surface area (Å²) in [5.41, 5.74) is 6.42. The summed E-state index contributed by atoms with van der Waals surface area (Å²) in [5, 5.41) is 3.31. The molecular formula is C9H16N4. The zero-order valence-corrected chi connectivity index (χ0v) is 8.33. The summed E-state index contributed by atoms with van der Waals surface area (Å²) in [6.45, 7) is 7.05. The molecule has 4 heteroatoms. The molecule has 0 aliphatic carbocycles. The highest BCUT2D eigenvalue weighted by atomic mass is 15.0. The van der Waals surface area contributed by atoms with Crippen LogP contribution in [0.5, 0.6) is 0 Å². The van der Waals surface area contributed by atoms with Crippen LogP contribution in [0.2, 0.25) is 0 Å². The van der Waals surface area contributed by atoms with Gasteiger partial charge in [0.05, 0.1) is 18.1 Å². The molecule has 0 radical (unpaired) electrons. The minimum Gasteiger partial charge on any atom is -0.382 e. The van der Waals surface area contributed by atoms with Crippen LogP contribution in [0.1, 0.15) is 26.5 Å². The molecule has 13 heavy (non-hydrogen) atoms. The van der Waals surface area contributed by atoms with Crippen molar-refractivity contribution in [3.05, 3.63) is 18.1 Å². The second-order valence-corrected chi connectivity index (χ2v) is 4.04. The molecule has 3 N–H and O–H groups in total. The van der Waals surface area contributed by atoms with E-state index in [1.54, 1.807) is 12.4 Å². The van der Waals surface area contributed by atoms with Crippen molar-refractivity contribution in [1.29, 1.82) is 0 Å². The van der Waals surface area contributed by atoms with Crippen LogP contribution >= 0.6 is 0 Å². The summed E-state index contributed by atoms with van der Waals surface area (Å²) in [5.74, 6) is 0.458. The highest BCUT2D eigenvalue weighted by molar-refractivity contribution is 5.22. The molecule has 4 nitrogen and oxygen atoms in total. The molecule has 1 aromatic heterocycles. The maximum absolute atomic E-state index is 5.41. The first-order chi connectivity index (χ1) is 5.97. The zero-order valence-electron chi connectivity index (χ0n) is 8.33. The third kappa shape index (κ3) is 3.85. The number of hydrogen-bond donors (Lipinski definition) is 2. The molecule has 0 saturated carbocycles. The quantitative estimate of drug-likeness (QED) is 0.711. The number of nitrogen functional groups attached to an aromatic ring is 1. The van der Waals surface area contributed by atoms with E-state index in [-0.39, 0.29) is 5.54 Å². The molecule has 0 aliphatic heterocycles. The lowest BCUT2D eigenvalue weighted by Gasteiger charge is -2.19. The highest BCUT2D eigenvalue weighted by Crippen LogP contribution is 2.01. The Labute approximate surface area is 78.6 Å². The van der Waals surface area contributed by atoms with Gasteiger partial charge in [0.2, 0.25) is 0 Å². The standard InChI is InChI=1S/C9H16N4/c1-9(2,3)13-5-7-4-12-8(10)6-11-7/h4,6,13H,5H2,1-3H3,(H2,10,12). The van der Waals surface area contributed by atoms with Gasteiger partial charge in [-0.25, -0.2) is 4.98 Å². The molecule has 1 heterocycles. The van der Waals surface area contributed by atoms with Crippen LogP contribution in [0.15, 0.2) is 12.4 Å². The second kappa shape index (κ2) is 3.70. The van der Waals surface area contributed by atoms with Gasteiger partial charge in [-0.05, 0) is 20.8 Å². The van der Waals surface area contributed by atoms with Crippen molar-refractivity contribution in [3.8, 4) is 0 Å². The molecule has 72 valence electrons. The minimum absolute atomic E-state index is 0.100. The monoisotopic (exact) mass is 180 g/mol. The van der Waals surface area contributed by atoms with E-state index in [4.69, 9.17) is 5.73 Å². The summed E-state index contributed by atoms with van der Waals surface area (Å²) >= 11 is 0. The van der Waals surface area contributed by atoms with Crippen LogP contribution in [0.4, 0.5) is 5.82 Å². The molecule has 0 unspecified atom stereocenters. The number of aromatic nitrogens is 2. The summed E-state index contributed by atoms with van der Waals surface area (Å²) in [6.07, 6.45) is 3.26. The molecular weight excluding hydrogens is 164 g/mol. The van der Waals surface area contributed by atoms with Gasteiger partial charge in [-0.1, -0.05) is 0 Å². The Hall–Kier alpha value is -1.16. The van der Waals surface area contributed by atoms with Crippen LogP contribution in [-0.4, -0.2) is 15.5 Å². The van der Waals surface area contributed by atoms with Crippen molar-refractivity contribution in [2.75, 3.05) is 5.73 Å². The average Bonchev–Trinajstić information content (AvgIpc) is 2.02.